The van der Waals surface area contributed by atoms with Crippen molar-refractivity contribution in [2.75, 3.05) is 0 Å². The van der Waals surface area contributed by atoms with Crippen LogP contribution in [-0.2, 0) is 0 Å². The van der Waals surface area contributed by atoms with E-state index in [1.165, 1.54) is 40.7 Å². The van der Waals surface area contributed by atoms with E-state index < -0.39 is 0 Å². The van der Waals surface area contributed by atoms with Crippen LogP contribution in [0.5, 0.6) is 0 Å². The Morgan fingerprint density at radius 2 is 1.72 bits per heavy atom. The van der Waals surface area contributed by atoms with Crippen LogP contribution in [0.2, 0.25) is 0 Å². The van der Waals surface area contributed by atoms with E-state index >= 15 is 0 Å². The molecule has 1 N–H and O–H groups in total. The molecular weight excluding hydrogens is 302 g/mol. The van der Waals surface area contributed by atoms with Crippen LogP contribution in [0.25, 0.3) is 16.8 Å². The summed E-state index contributed by atoms with van der Waals surface area (Å²) in [7, 11) is 0. The molecule has 0 bridgehead atoms. The van der Waals surface area contributed by atoms with Gasteiger partial charge in [-0.15, -0.1) is 0 Å². The summed E-state index contributed by atoms with van der Waals surface area (Å²) in [6, 6.07) is 16.1. The summed E-state index contributed by atoms with van der Waals surface area (Å²) < 4.78 is 0. The maximum atomic E-state index is 4.30. The molecular formula is C24H33N. The first-order valence-corrected chi connectivity index (χ1v) is 9.63. The Bertz CT molecular complexity index is 695. The van der Waals surface area contributed by atoms with Crippen LogP contribution in [0.1, 0.15) is 69.6 Å². The Kier molecular flexibility index (Phi) is 6.87. The number of hydrogen-bond donors (Lipinski definition) is 1. The van der Waals surface area contributed by atoms with Gasteiger partial charge in [0, 0.05) is 11.7 Å². The van der Waals surface area contributed by atoms with Gasteiger partial charge in [0.15, 0.2) is 0 Å². The second-order valence-electron chi connectivity index (χ2n) is 7.34. The maximum Gasteiger partial charge on any atom is 0.0343 e. The van der Waals surface area contributed by atoms with Crippen LogP contribution in [-0.4, -0.2) is 6.04 Å². The third-order valence-electron chi connectivity index (χ3n) is 4.89. The highest BCUT2D eigenvalue weighted by Crippen LogP contribution is 2.31. The van der Waals surface area contributed by atoms with Gasteiger partial charge in [0.05, 0.1) is 0 Å². The second kappa shape index (κ2) is 8.89. The van der Waals surface area contributed by atoms with E-state index in [0.717, 1.165) is 12.1 Å². The fraction of sp³-hybridized carbons (Fsp3) is 0.417. The highest BCUT2D eigenvalue weighted by Gasteiger charge is 2.12. The van der Waals surface area contributed by atoms with Crippen LogP contribution in [0.3, 0.4) is 0 Å². The fourth-order valence-electron chi connectivity index (χ4n) is 3.28. The lowest BCUT2D eigenvalue weighted by molar-refractivity contribution is 0.529. The van der Waals surface area contributed by atoms with Gasteiger partial charge in [-0.1, -0.05) is 82.7 Å². The summed E-state index contributed by atoms with van der Waals surface area (Å²) in [5.41, 5.74) is 7.54. The number of rotatable bonds is 8. The van der Waals surface area contributed by atoms with E-state index in [4.69, 9.17) is 0 Å². The Labute approximate surface area is 154 Å². The van der Waals surface area contributed by atoms with E-state index in [2.05, 4.69) is 89.0 Å². The molecule has 134 valence electrons. The average molecular weight is 336 g/mol. The van der Waals surface area contributed by atoms with Crippen molar-refractivity contribution in [3.05, 3.63) is 65.7 Å². The SMILES string of the molecule is C=C(NC(CC)CCC)c1ccc(-c2ccc(C)cc2)c(C(C)C)c1. The van der Waals surface area contributed by atoms with Gasteiger partial charge >= 0.3 is 0 Å². The van der Waals surface area contributed by atoms with Crippen molar-refractivity contribution in [1.29, 1.82) is 0 Å². The van der Waals surface area contributed by atoms with Crippen molar-refractivity contribution in [3.8, 4) is 11.1 Å². The molecule has 2 rings (SSSR count). The lowest BCUT2D eigenvalue weighted by atomic mass is 9.90. The largest absolute Gasteiger partial charge is 0.382 e. The van der Waals surface area contributed by atoms with Crippen molar-refractivity contribution in [1.82, 2.24) is 5.32 Å². The zero-order valence-corrected chi connectivity index (χ0v) is 16.5. The van der Waals surface area contributed by atoms with Crippen LogP contribution < -0.4 is 5.32 Å². The highest BCUT2D eigenvalue weighted by molar-refractivity contribution is 5.73. The molecule has 0 spiro atoms. The lowest BCUT2D eigenvalue weighted by Crippen LogP contribution is -2.26. The normalized spacial score (nSPS) is 12.2. The molecule has 0 fully saturated rings. The van der Waals surface area contributed by atoms with Gasteiger partial charge in [-0.25, -0.2) is 0 Å². The fourth-order valence-corrected chi connectivity index (χ4v) is 3.28. The first-order chi connectivity index (χ1) is 12.0. The molecule has 0 radical (unpaired) electrons. The van der Waals surface area contributed by atoms with Gasteiger partial charge in [-0.2, -0.15) is 0 Å². The monoisotopic (exact) mass is 335 g/mol. The van der Waals surface area contributed by atoms with E-state index in [-0.39, 0.29) is 0 Å². The molecule has 0 aliphatic heterocycles. The molecule has 1 unspecified atom stereocenters. The molecule has 0 saturated carbocycles. The van der Waals surface area contributed by atoms with Crippen LogP contribution in [0, 0.1) is 6.92 Å². The Balaban J connectivity index is 2.32. The Hall–Kier alpha value is -2.02. The quantitative estimate of drug-likeness (QED) is 0.552. The molecule has 2 aromatic rings. The minimum absolute atomic E-state index is 0.474. The molecule has 0 aromatic heterocycles. The average Bonchev–Trinajstić information content (AvgIpc) is 2.61. The summed E-state index contributed by atoms with van der Waals surface area (Å²) >= 11 is 0. The third-order valence-corrected chi connectivity index (χ3v) is 4.89. The van der Waals surface area contributed by atoms with E-state index in [1.807, 2.05) is 0 Å². The van der Waals surface area contributed by atoms with Gasteiger partial charge in [0.1, 0.15) is 0 Å². The van der Waals surface area contributed by atoms with Gasteiger partial charge in [0.25, 0.3) is 0 Å². The topological polar surface area (TPSA) is 12.0 Å². The standard InChI is InChI=1S/C24H33N/c1-7-9-22(8-2)25-19(6)21-14-15-23(24(16-21)17(3)4)20-12-10-18(5)11-13-20/h10-17,22,25H,6-9H2,1-5H3. The molecule has 0 saturated heterocycles. The first-order valence-electron chi connectivity index (χ1n) is 9.63. The maximum absolute atomic E-state index is 4.30. The lowest BCUT2D eigenvalue weighted by Gasteiger charge is -2.21. The molecule has 1 atom stereocenters. The van der Waals surface area contributed by atoms with Crippen molar-refractivity contribution in [2.24, 2.45) is 0 Å². The summed E-state index contributed by atoms with van der Waals surface area (Å²) in [6.45, 7) is 15.4. The molecule has 0 amide bonds. The second-order valence-corrected chi connectivity index (χ2v) is 7.34. The summed E-state index contributed by atoms with van der Waals surface area (Å²) in [5, 5.41) is 3.62. The van der Waals surface area contributed by atoms with Crippen molar-refractivity contribution >= 4 is 5.70 Å². The van der Waals surface area contributed by atoms with Crippen molar-refractivity contribution in [2.45, 2.75) is 65.8 Å². The van der Waals surface area contributed by atoms with Crippen molar-refractivity contribution < 1.29 is 0 Å². The summed E-state index contributed by atoms with van der Waals surface area (Å²) in [6.07, 6.45) is 3.52. The van der Waals surface area contributed by atoms with Crippen LogP contribution in [0.15, 0.2) is 49.0 Å². The van der Waals surface area contributed by atoms with Gasteiger partial charge in [-0.3, -0.25) is 0 Å². The van der Waals surface area contributed by atoms with Gasteiger partial charge in [0.2, 0.25) is 0 Å². The van der Waals surface area contributed by atoms with E-state index in [0.29, 0.717) is 12.0 Å². The number of benzene rings is 2. The zero-order chi connectivity index (χ0) is 18.4. The predicted molar refractivity (Wildman–Crippen MR) is 112 cm³/mol. The van der Waals surface area contributed by atoms with Crippen LogP contribution in [0.4, 0.5) is 0 Å². The molecule has 0 heterocycles. The predicted octanol–water partition coefficient (Wildman–Crippen LogP) is 6.92. The van der Waals surface area contributed by atoms with E-state index in [9.17, 15) is 0 Å². The molecule has 0 aliphatic rings. The minimum Gasteiger partial charge on any atom is -0.382 e. The van der Waals surface area contributed by atoms with Crippen molar-refractivity contribution in [3.63, 3.8) is 0 Å². The number of hydrogen-bond acceptors (Lipinski definition) is 1. The number of nitrogens with one attached hydrogen (secondary N) is 1. The first kappa shape index (κ1) is 19.3. The smallest absolute Gasteiger partial charge is 0.0343 e. The van der Waals surface area contributed by atoms with Gasteiger partial charge < -0.3 is 5.32 Å². The molecule has 1 heteroatoms. The summed E-state index contributed by atoms with van der Waals surface area (Å²) in [4.78, 5) is 0. The van der Waals surface area contributed by atoms with Gasteiger partial charge in [-0.05, 0) is 54.0 Å². The molecule has 0 aliphatic carbocycles. The highest BCUT2D eigenvalue weighted by atomic mass is 14.9. The van der Waals surface area contributed by atoms with E-state index in [1.54, 1.807) is 0 Å². The molecule has 2 aromatic carbocycles. The zero-order valence-electron chi connectivity index (χ0n) is 16.5. The Morgan fingerprint density at radius 3 is 2.28 bits per heavy atom. The Morgan fingerprint density at radius 1 is 1.04 bits per heavy atom. The third kappa shape index (κ3) is 4.98. The minimum atomic E-state index is 0.474. The van der Waals surface area contributed by atoms with Crippen LogP contribution >= 0.6 is 0 Å². The number of aryl methyl sites for hydroxylation is 1. The molecule has 1 nitrogen and oxygen atoms in total. The molecule has 25 heavy (non-hydrogen) atoms. The summed E-state index contributed by atoms with van der Waals surface area (Å²) in [5.74, 6) is 0.474.